The standard InChI is InChI=1S/C20H41N3O3Si.ClH.2V/c1-9-17(18(24)22(4)13-11-15-27-26-8)16-20(2,3)19(25)21-12-10-14-23(5,6)7;;;/h17H,9-16H2,1-8H3;1H;;. The second-order valence-corrected chi connectivity index (χ2v) is 10.2. The molecule has 10 heteroatoms. The predicted molar refractivity (Wildman–Crippen MR) is 113 cm³/mol. The molecule has 1 atom stereocenters. The van der Waals surface area contributed by atoms with E-state index in [4.69, 9.17) is 4.43 Å². The summed E-state index contributed by atoms with van der Waals surface area (Å²) in [6, 6.07) is 0.978. The van der Waals surface area contributed by atoms with Crippen molar-refractivity contribution < 1.29 is 68.0 Å². The van der Waals surface area contributed by atoms with E-state index < -0.39 is 5.41 Å². The van der Waals surface area contributed by atoms with Gasteiger partial charge >= 0.3 is 0 Å². The normalized spacial score (nSPS) is 12.0. The molecule has 176 valence electrons. The molecule has 30 heavy (non-hydrogen) atoms. The second kappa shape index (κ2) is 19.0. The quantitative estimate of drug-likeness (QED) is 0.179. The average Bonchev–Trinajstić information content (AvgIpc) is 2.58. The summed E-state index contributed by atoms with van der Waals surface area (Å²) in [6.45, 7) is 8.35. The minimum Gasteiger partial charge on any atom is -1.00 e. The molecule has 0 saturated heterocycles. The van der Waals surface area contributed by atoms with Gasteiger partial charge in [-0.05, 0) is 25.3 Å². The fourth-order valence-corrected chi connectivity index (χ4v) is 3.53. The zero-order chi connectivity index (χ0) is 21.1. The molecule has 1 N–H and O–H groups in total. The molecule has 1 unspecified atom stereocenters. The van der Waals surface area contributed by atoms with Crippen molar-refractivity contribution in [1.29, 1.82) is 0 Å². The summed E-state index contributed by atoms with van der Waals surface area (Å²) in [6.07, 6.45) is 3.22. The van der Waals surface area contributed by atoms with Crippen LogP contribution in [0.25, 0.3) is 0 Å². The number of hydrogen-bond donors (Lipinski definition) is 1. The minimum atomic E-state index is -0.550. The summed E-state index contributed by atoms with van der Waals surface area (Å²) >= 11 is 0. The molecule has 0 aromatic carbocycles. The molecule has 4 radical (unpaired) electrons. The first kappa shape index (κ1) is 37.8. The van der Waals surface area contributed by atoms with Crippen LogP contribution in [0.1, 0.15) is 46.5 Å². The van der Waals surface area contributed by atoms with Crippen molar-refractivity contribution in [3.8, 4) is 0 Å². The fraction of sp³-hybridized carbons (Fsp3) is 0.900. The Hall–Kier alpha value is 0.536. The van der Waals surface area contributed by atoms with Crippen molar-refractivity contribution >= 4 is 21.6 Å². The smallest absolute Gasteiger partial charge is 0.229 e. The minimum absolute atomic E-state index is 0. The number of rotatable bonds is 14. The molecule has 0 spiro atoms. The van der Waals surface area contributed by atoms with E-state index in [1.54, 1.807) is 7.11 Å². The molecule has 6 nitrogen and oxygen atoms in total. The molecule has 0 saturated carbocycles. The number of amides is 2. The molecule has 0 bridgehead atoms. The predicted octanol–water partition coefficient (Wildman–Crippen LogP) is -0.827. The van der Waals surface area contributed by atoms with Gasteiger partial charge in [0.1, 0.15) is 0 Å². The van der Waals surface area contributed by atoms with Gasteiger partial charge in [-0.1, -0.05) is 20.8 Å². The Bertz CT molecular complexity index is 467. The Kier molecular flexibility index (Phi) is 24.0. The van der Waals surface area contributed by atoms with Crippen LogP contribution in [0.2, 0.25) is 6.04 Å². The first-order chi connectivity index (χ1) is 12.4. The maximum Gasteiger partial charge on any atom is 0.229 e. The molecular formula is C20H42ClN3O3SiV2. The maximum absolute atomic E-state index is 12.8. The molecule has 0 aliphatic heterocycles. The molecule has 0 aliphatic carbocycles. The number of carbonyl (C=O) groups is 2. The molecule has 0 rings (SSSR count). The van der Waals surface area contributed by atoms with Crippen LogP contribution in [0, 0.1) is 11.3 Å². The van der Waals surface area contributed by atoms with Crippen molar-refractivity contribution in [3.63, 3.8) is 0 Å². The number of carbonyl (C=O) groups excluding carboxylic acids is 2. The van der Waals surface area contributed by atoms with Crippen molar-refractivity contribution in [2.24, 2.45) is 11.3 Å². The van der Waals surface area contributed by atoms with Crippen LogP contribution >= 0.6 is 0 Å². The third-order valence-corrected chi connectivity index (χ3v) is 5.64. The Morgan fingerprint density at radius 3 is 2.20 bits per heavy atom. The molecule has 0 aliphatic rings. The summed E-state index contributed by atoms with van der Waals surface area (Å²) < 4.78 is 5.97. The van der Waals surface area contributed by atoms with E-state index in [9.17, 15) is 9.59 Å². The van der Waals surface area contributed by atoms with Gasteiger partial charge in [0.25, 0.3) is 0 Å². The Morgan fingerprint density at radius 1 is 1.17 bits per heavy atom. The van der Waals surface area contributed by atoms with Gasteiger partial charge in [0, 0.05) is 82.1 Å². The van der Waals surface area contributed by atoms with E-state index in [-0.39, 0.29) is 67.3 Å². The van der Waals surface area contributed by atoms with Crippen LogP contribution in [-0.2, 0) is 51.1 Å². The van der Waals surface area contributed by atoms with Gasteiger partial charge in [0.05, 0.1) is 27.7 Å². The molecule has 0 aromatic rings. The summed E-state index contributed by atoms with van der Waals surface area (Å²) in [5.74, 6) is 0.0649. The van der Waals surface area contributed by atoms with Gasteiger partial charge in [0.15, 0.2) is 0 Å². The van der Waals surface area contributed by atoms with E-state index in [1.807, 2.05) is 32.7 Å². The van der Waals surface area contributed by atoms with Crippen LogP contribution < -0.4 is 17.7 Å². The molecule has 2 amide bonds. The third kappa shape index (κ3) is 17.1. The van der Waals surface area contributed by atoms with Gasteiger partial charge in [-0.15, -0.1) is 0 Å². The summed E-state index contributed by atoms with van der Waals surface area (Å²) in [7, 11) is 10.5. The summed E-state index contributed by atoms with van der Waals surface area (Å²) in [5.41, 5.74) is -0.550. The van der Waals surface area contributed by atoms with Crippen LogP contribution in [0.5, 0.6) is 0 Å². The van der Waals surface area contributed by atoms with E-state index in [2.05, 4.69) is 26.5 Å². The van der Waals surface area contributed by atoms with Gasteiger partial charge in [-0.25, -0.2) is 0 Å². The third-order valence-electron chi connectivity index (χ3n) is 4.80. The van der Waals surface area contributed by atoms with Gasteiger partial charge in [-0.3, -0.25) is 9.59 Å². The molecule has 0 heterocycles. The van der Waals surface area contributed by atoms with Gasteiger partial charge in [-0.2, -0.15) is 0 Å². The van der Waals surface area contributed by atoms with E-state index in [0.717, 1.165) is 42.9 Å². The number of nitrogens with one attached hydrogen (secondary N) is 1. The van der Waals surface area contributed by atoms with Crippen LogP contribution in [-0.4, -0.2) is 85.9 Å². The largest absolute Gasteiger partial charge is 1.00 e. The molecule has 0 fully saturated rings. The second-order valence-electron chi connectivity index (χ2n) is 9.03. The van der Waals surface area contributed by atoms with E-state index >= 15 is 0 Å². The van der Waals surface area contributed by atoms with Crippen LogP contribution in [0.15, 0.2) is 0 Å². The first-order valence-electron chi connectivity index (χ1n) is 10.0. The fourth-order valence-electron chi connectivity index (χ4n) is 3.02. The van der Waals surface area contributed by atoms with Crippen LogP contribution in [0.3, 0.4) is 0 Å². The zero-order valence-corrected chi connectivity index (χ0v) is 24.7. The Balaban J connectivity index is -0.00000113. The summed E-state index contributed by atoms with van der Waals surface area (Å²) in [5, 5.41) is 3.05. The maximum atomic E-state index is 12.8. The Labute approximate surface area is 217 Å². The number of halogens is 1. The first-order valence-corrected chi connectivity index (χ1v) is 11.2. The summed E-state index contributed by atoms with van der Waals surface area (Å²) in [4.78, 5) is 27.2. The van der Waals surface area contributed by atoms with E-state index in [0.29, 0.717) is 22.7 Å². The SMILES string of the molecule is CCC(CC(C)(C)C(=O)NCCC[N+](C)(C)C)C(=O)N(C)CCC[Si]OC.[Cl-].[V].[V]. The average molecular weight is 538 g/mol. The van der Waals surface area contributed by atoms with E-state index in [1.165, 1.54) is 0 Å². The topological polar surface area (TPSA) is 58.6 Å². The van der Waals surface area contributed by atoms with Crippen LogP contribution in [0.4, 0.5) is 0 Å². The van der Waals surface area contributed by atoms with Crippen molar-refractivity contribution in [1.82, 2.24) is 10.2 Å². The molecule has 0 aromatic heterocycles. The van der Waals surface area contributed by atoms with Gasteiger partial charge in [0.2, 0.25) is 21.6 Å². The number of hydrogen-bond acceptors (Lipinski definition) is 3. The molecular weight excluding hydrogens is 496 g/mol. The Morgan fingerprint density at radius 2 is 1.73 bits per heavy atom. The monoisotopic (exact) mass is 537 g/mol. The number of quaternary nitrogens is 1. The van der Waals surface area contributed by atoms with Crippen molar-refractivity contribution in [2.45, 2.75) is 52.5 Å². The number of nitrogens with zero attached hydrogens (tertiary/aromatic N) is 2. The van der Waals surface area contributed by atoms with Crippen molar-refractivity contribution in [2.75, 3.05) is 54.9 Å². The zero-order valence-electron chi connectivity index (χ0n) is 20.1. The van der Waals surface area contributed by atoms with Gasteiger partial charge < -0.3 is 31.5 Å². The van der Waals surface area contributed by atoms with Crippen molar-refractivity contribution in [3.05, 3.63) is 0 Å².